The average molecular weight is 525 g/mol. The Hall–Kier alpha value is -4.56. The Morgan fingerprint density at radius 3 is 2.16 bits per heavy atom. The van der Waals surface area contributed by atoms with Gasteiger partial charge in [-0.2, -0.15) is 0 Å². The fraction of sp³-hybridized carbons (Fsp3) is 0.100. The summed E-state index contributed by atoms with van der Waals surface area (Å²) in [6.45, 7) is 0.535. The van der Waals surface area contributed by atoms with Crippen molar-refractivity contribution in [3.05, 3.63) is 126 Å². The lowest BCUT2D eigenvalue weighted by atomic mass is 10.1. The molecule has 5 N–H and O–H groups in total. The van der Waals surface area contributed by atoms with Gasteiger partial charge in [-0.15, -0.1) is 11.8 Å². The number of hydrogen-bond acceptors (Lipinski definition) is 4. The number of guanidine groups is 1. The summed E-state index contributed by atoms with van der Waals surface area (Å²) >= 11 is 1.45. The fourth-order valence-corrected chi connectivity index (χ4v) is 4.95. The second-order valence-electron chi connectivity index (χ2n) is 8.51. The van der Waals surface area contributed by atoms with Gasteiger partial charge in [0.2, 0.25) is 0 Å². The van der Waals surface area contributed by atoms with E-state index in [2.05, 4.69) is 16.0 Å². The van der Waals surface area contributed by atoms with Gasteiger partial charge in [-0.3, -0.25) is 15.0 Å². The molecule has 38 heavy (non-hydrogen) atoms. The van der Waals surface area contributed by atoms with Gasteiger partial charge < -0.3 is 21.1 Å². The molecule has 1 atom stereocenters. The lowest BCUT2D eigenvalue weighted by Gasteiger charge is -2.16. The second-order valence-corrected chi connectivity index (χ2v) is 9.79. The van der Waals surface area contributed by atoms with Crippen LogP contribution >= 0.6 is 11.8 Å². The van der Waals surface area contributed by atoms with Crippen LogP contribution in [0.5, 0.6) is 0 Å². The molecule has 192 valence electrons. The van der Waals surface area contributed by atoms with Crippen LogP contribution < -0.4 is 16.0 Å². The van der Waals surface area contributed by atoms with Gasteiger partial charge in [0.25, 0.3) is 5.91 Å². The van der Waals surface area contributed by atoms with Gasteiger partial charge in [0, 0.05) is 33.6 Å². The third-order valence-corrected chi connectivity index (χ3v) is 6.88. The Labute approximate surface area is 225 Å². The van der Waals surface area contributed by atoms with Crippen molar-refractivity contribution in [1.29, 1.82) is 5.41 Å². The normalized spacial score (nSPS) is 11.3. The van der Waals surface area contributed by atoms with Crippen LogP contribution in [-0.2, 0) is 11.3 Å². The minimum absolute atomic E-state index is 0.00904. The van der Waals surface area contributed by atoms with E-state index in [1.165, 1.54) is 11.8 Å². The standard InChI is InChI=1S/C30H28N4O3S/c31-30(32-20-21-8-3-1-4-9-21)34-24-16-14-23(15-17-24)29(37)33-25-12-7-13-26(18-25)38-27(19-28(35)36)22-10-5-2-6-11-22/h1-18,27H,19-20H2,(H,33,37)(H,35,36)(H3,31,32,34). The summed E-state index contributed by atoms with van der Waals surface area (Å²) in [5.41, 5.74) is 3.80. The van der Waals surface area contributed by atoms with E-state index in [1.807, 2.05) is 78.9 Å². The molecule has 0 saturated carbocycles. The topological polar surface area (TPSA) is 114 Å². The minimum atomic E-state index is -0.865. The number of carbonyl (C=O) groups excluding carboxylic acids is 1. The predicted molar refractivity (Wildman–Crippen MR) is 153 cm³/mol. The van der Waals surface area contributed by atoms with Crippen molar-refractivity contribution in [3.8, 4) is 0 Å². The number of thioether (sulfide) groups is 1. The molecule has 1 amide bonds. The number of carboxylic acids is 1. The number of aliphatic carboxylic acids is 1. The van der Waals surface area contributed by atoms with Crippen LogP contribution in [0.25, 0.3) is 0 Å². The summed E-state index contributed by atoms with van der Waals surface area (Å²) in [5, 5.41) is 26.1. The molecule has 8 heteroatoms. The maximum atomic E-state index is 12.8. The molecule has 4 aromatic carbocycles. The van der Waals surface area contributed by atoms with Gasteiger partial charge in [0.1, 0.15) is 0 Å². The monoisotopic (exact) mass is 524 g/mol. The maximum Gasteiger partial charge on any atom is 0.304 e. The first-order valence-electron chi connectivity index (χ1n) is 12.0. The summed E-state index contributed by atoms with van der Waals surface area (Å²) in [6.07, 6.45) is -0.00904. The SMILES string of the molecule is N=C(NCc1ccccc1)Nc1ccc(C(=O)Nc2cccc(SC(CC(=O)O)c3ccccc3)c2)cc1. The van der Waals surface area contributed by atoms with E-state index < -0.39 is 5.97 Å². The predicted octanol–water partition coefficient (Wildman–Crippen LogP) is 6.38. The molecule has 0 aliphatic rings. The lowest BCUT2D eigenvalue weighted by molar-refractivity contribution is -0.137. The third-order valence-electron chi connectivity index (χ3n) is 5.63. The summed E-state index contributed by atoms with van der Waals surface area (Å²) in [6, 6.07) is 33.6. The Morgan fingerprint density at radius 2 is 1.47 bits per heavy atom. The number of nitrogens with one attached hydrogen (secondary N) is 4. The fourth-order valence-electron chi connectivity index (χ4n) is 3.75. The number of rotatable bonds is 10. The van der Waals surface area contributed by atoms with Gasteiger partial charge >= 0.3 is 5.97 Å². The smallest absolute Gasteiger partial charge is 0.304 e. The highest BCUT2D eigenvalue weighted by Gasteiger charge is 2.17. The van der Waals surface area contributed by atoms with E-state index in [9.17, 15) is 14.7 Å². The molecule has 4 rings (SSSR count). The van der Waals surface area contributed by atoms with Gasteiger partial charge in [-0.25, -0.2) is 0 Å². The van der Waals surface area contributed by atoms with Crippen molar-refractivity contribution in [3.63, 3.8) is 0 Å². The van der Waals surface area contributed by atoms with Crippen LogP contribution in [0.3, 0.4) is 0 Å². The molecule has 0 radical (unpaired) electrons. The number of amides is 1. The number of carbonyl (C=O) groups is 2. The van der Waals surface area contributed by atoms with E-state index in [1.54, 1.807) is 30.3 Å². The van der Waals surface area contributed by atoms with E-state index in [4.69, 9.17) is 5.41 Å². The minimum Gasteiger partial charge on any atom is -0.481 e. The van der Waals surface area contributed by atoms with Crippen molar-refractivity contribution in [1.82, 2.24) is 5.32 Å². The van der Waals surface area contributed by atoms with Crippen molar-refractivity contribution in [2.75, 3.05) is 10.6 Å². The largest absolute Gasteiger partial charge is 0.481 e. The zero-order valence-corrected chi connectivity index (χ0v) is 21.4. The molecule has 0 aliphatic carbocycles. The summed E-state index contributed by atoms with van der Waals surface area (Å²) in [7, 11) is 0. The zero-order chi connectivity index (χ0) is 26.7. The lowest BCUT2D eigenvalue weighted by Crippen LogP contribution is -2.29. The first kappa shape index (κ1) is 26.5. The highest BCUT2D eigenvalue weighted by Crippen LogP contribution is 2.38. The molecule has 0 bridgehead atoms. The summed E-state index contributed by atoms with van der Waals surface area (Å²) < 4.78 is 0. The molecular formula is C30H28N4O3S. The van der Waals surface area contributed by atoms with Gasteiger partial charge in [-0.1, -0.05) is 66.7 Å². The summed E-state index contributed by atoms with van der Waals surface area (Å²) in [5.74, 6) is -0.964. The van der Waals surface area contributed by atoms with E-state index in [0.29, 0.717) is 23.5 Å². The Morgan fingerprint density at radius 1 is 0.789 bits per heavy atom. The van der Waals surface area contributed by atoms with Crippen LogP contribution in [0.15, 0.2) is 114 Å². The number of hydrogen-bond donors (Lipinski definition) is 5. The number of benzene rings is 4. The van der Waals surface area contributed by atoms with Crippen LogP contribution in [0, 0.1) is 5.41 Å². The van der Waals surface area contributed by atoms with Crippen LogP contribution in [-0.4, -0.2) is 22.9 Å². The molecule has 0 fully saturated rings. The Kier molecular flexibility index (Phi) is 9.15. The Bertz CT molecular complexity index is 1380. The first-order valence-corrected chi connectivity index (χ1v) is 12.9. The molecule has 0 heterocycles. The molecule has 0 aliphatic heterocycles. The Balaban J connectivity index is 1.34. The molecule has 0 spiro atoms. The number of anilines is 2. The van der Waals surface area contributed by atoms with Crippen molar-refractivity contribution in [2.24, 2.45) is 0 Å². The highest BCUT2D eigenvalue weighted by molar-refractivity contribution is 7.99. The van der Waals surface area contributed by atoms with Gasteiger partial charge in [0.05, 0.1) is 6.42 Å². The van der Waals surface area contributed by atoms with Gasteiger partial charge in [0.15, 0.2) is 5.96 Å². The van der Waals surface area contributed by atoms with Crippen molar-refractivity contribution >= 4 is 41.0 Å². The van der Waals surface area contributed by atoms with E-state index >= 15 is 0 Å². The molecule has 4 aromatic rings. The third kappa shape index (κ3) is 7.97. The van der Waals surface area contributed by atoms with Gasteiger partial charge in [-0.05, 0) is 53.6 Å². The first-order chi connectivity index (χ1) is 18.5. The molecule has 1 unspecified atom stereocenters. The van der Waals surface area contributed by atoms with Crippen LogP contribution in [0.1, 0.15) is 33.2 Å². The van der Waals surface area contributed by atoms with E-state index in [-0.39, 0.29) is 23.5 Å². The molecule has 0 saturated heterocycles. The highest BCUT2D eigenvalue weighted by atomic mass is 32.2. The van der Waals surface area contributed by atoms with Crippen molar-refractivity contribution < 1.29 is 14.7 Å². The van der Waals surface area contributed by atoms with E-state index in [0.717, 1.165) is 16.0 Å². The quantitative estimate of drug-likeness (QED) is 0.0934. The molecule has 0 aromatic heterocycles. The second kappa shape index (κ2) is 13.1. The van der Waals surface area contributed by atoms with Crippen LogP contribution in [0.2, 0.25) is 0 Å². The number of carboxylic acid groups (broad SMARTS) is 1. The maximum absolute atomic E-state index is 12.8. The van der Waals surface area contributed by atoms with Crippen LogP contribution in [0.4, 0.5) is 11.4 Å². The molecular weight excluding hydrogens is 496 g/mol. The zero-order valence-electron chi connectivity index (χ0n) is 20.6. The molecule has 7 nitrogen and oxygen atoms in total. The summed E-state index contributed by atoms with van der Waals surface area (Å²) in [4.78, 5) is 25.1. The van der Waals surface area contributed by atoms with Crippen molar-refractivity contribution in [2.45, 2.75) is 23.1 Å². The average Bonchev–Trinajstić information content (AvgIpc) is 2.93.